The SMILES string of the molecule is O.[Cl][Zn][Cl].[Ni]. The summed E-state index contributed by atoms with van der Waals surface area (Å²) < 4.78 is 0. The molecule has 1 nitrogen and oxygen atoms in total. The maximum Gasteiger partial charge on any atom is 0 e. The van der Waals surface area contributed by atoms with Gasteiger partial charge in [0.15, 0.2) is 0 Å². The largest absolute Gasteiger partial charge is 0 e. The van der Waals surface area contributed by atoms with E-state index in [-0.39, 0.29) is 22.0 Å². The second-order valence-corrected chi connectivity index (χ2v) is 4.72. The van der Waals surface area contributed by atoms with Crippen LogP contribution in [0.25, 0.3) is 0 Å². The van der Waals surface area contributed by atoms with E-state index in [2.05, 4.69) is 0 Å². The molecule has 0 spiro atoms. The Balaban J connectivity index is -0.0000000200. The molecule has 0 amide bonds. The predicted molar refractivity (Wildman–Crippen MR) is 15.3 cm³/mol. The van der Waals surface area contributed by atoms with Gasteiger partial charge in [0, 0.05) is 16.5 Å². The van der Waals surface area contributed by atoms with Crippen LogP contribution in [0, 0.1) is 0 Å². The van der Waals surface area contributed by atoms with Crippen LogP contribution in [0.5, 0.6) is 0 Å². The van der Waals surface area contributed by atoms with Crippen LogP contribution < -0.4 is 0 Å². The van der Waals surface area contributed by atoms with Crippen LogP contribution in [0.2, 0.25) is 0 Å². The van der Waals surface area contributed by atoms with Crippen molar-refractivity contribution in [1.82, 2.24) is 0 Å². The molecule has 0 aliphatic heterocycles. The Labute approximate surface area is 56.3 Å². The van der Waals surface area contributed by atoms with Crippen molar-refractivity contribution in [3.63, 3.8) is 0 Å². The summed E-state index contributed by atoms with van der Waals surface area (Å²) in [5.41, 5.74) is 0. The smallest absolute Gasteiger partial charge is 0 e. The van der Waals surface area contributed by atoms with Crippen LogP contribution in [0.4, 0.5) is 0 Å². The number of hydrogen-bond donors (Lipinski definition) is 0. The van der Waals surface area contributed by atoms with Crippen molar-refractivity contribution in [2.45, 2.75) is 0 Å². The van der Waals surface area contributed by atoms with Gasteiger partial charge in [-0.2, -0.15) is 0 Å². The van der Waals surface area contributed by atoms with Crippen molar-refractivity contribution in [3.8, 4) is 0 Å². The van der Waals surface area contributed by atoms with Gasteiger partial charge in [-0.05, 0) is 0 Å². The van der Waals surface area contributed by atoms with Gasteiger partial charge in [-0.15, -0.1) is 0 Å². The maximum absolute atomic E-state index is 4.95. The molecule has 5 heavy (non-hydrogen) atoms. The van der Waals surface area contributed by atoms with E-state index in [9.17, 15) is 0 Å². The molecule has 0 fully saturated rings. The van der Waals surface area contributed by atoms with Gasteiger partial charge in [0.05, 0.1) is 0 Å². The van der Waals surface area contributed by atoms with Gasteiger partial charge < -0.3 is 5.48 Å². The average Bonchev–Trinajstić information content (AvgIpc) is 0.918. The van der Waals surface area contributed by atoms with E-state index in [0.717, 1.165) is 0 Å². The number of rotatable bonds is 0. The summed E-state index contributed by atoms with van der Waals surface area (Å²) >= 11 is -0.931. The van der Waals surface area contributed by atoms with Crippen molar-refractivity contribution in [3.05, 3.63) is 0 Å². The first-order valence-corrected chi connectivity index (χ1v) is 8.33. The molecule has 0 atom stereocenters. The predicted octanol–water partition coefficient (Wildman–Crippen LogP) is 0.549. The van der Waals surface area contributed by atoms with Crippen molar-refractivity contribution < 1.29 is 37.1 Å². The molecular formula is H2Cl2NiOZn. The minimum atomic E-state index is -0.931. The third-order valence-corrected chi connectivity index (χ3v) is 0. The Morgan fingerprint density at radius 2 is 1.20 bits per heavy atom. The molecule has 0 heterocycles. The first-order chi connectivity index (χ1) is 1.41. The van der Waals surface area contributed by atoms with E-state index < -0.39 is 15.1 Å². The summed E-state index contributed by atoms with van der Waals surface area (Å²) in [5.74, 6) is 0. The summed E-state index contributed by atoms with van der Waals surface area (Å²) in [6.07, 6.45) is 0. The van der Waals surface area contributed by atoms with Gasteiger partial charge in [-0.1, -0.05) is 0 Å². The molecule has 0 aromatic rings. The Hall–Kier alpha value is 1.66. The van der Waals surface area contributed by atoms with Gasteiger partial charge in [0.25, 0.3) is 0 Å². The van der Waals surface area contributed by atoms with Gasteiger partial charge in [-0.3, -0.25) is 0 Å². The van der Waals surface area contributed by atoms with Crippen LogP contribution in [-0.2, 0) is 31.6 Å². The van der Waals surface area contributed by atoms with Crippen LogP contribution in [0.15, 0.2) is 0 Å². The molecule has 0 saturated carbocycles. The zero-order valence-electron chi connectivity index (χ0n) is 2.28. The maximum atomic E-state index is 4.95. The second kappa shape index (κ2) is 17.4. The van der Waals surface area contributed by atoms with Crippen LogP contribution in [-0.4, -0.2) is 5.48 Å². The third-order valence-electron chi connectivity index (χ3n) is 0. The van der Waals surface area contributed by atoms with Crippen molar-refractivity contribution in [2.24, 2.45) is 0 Å². The number of hydrogen-bond acceptors (Lipinski definition) is 0. The molecule has 0 bridgehead atoms. The zero-order chi connectivity index (χ0) is 2.71. The van der Waals surface area contributed by atoms with E-state index in [1.807, 2.05) is 0 Å². The summed E-state index contributed by atoms with van der Waals surface area (Å²) in [7, 11) is 9.90. The molecule has 0 rings (SSSR count). The van der Waals surface area contributed by atoms with Crippen molar-refractivity contribution >= 4 is 19.4 Å². The molecular weight excluding hydrogens is 211 g/mol. The number of halogens is 2. The molecule has 0 radical (unpaired) electrons. The van der Waals surface area contributed by atoms with Crippen LogP contribution in [0.1, 0.15) is 0 Å². The summed E-state index contributed by atoms with van der Waals surface area (Å²) in [5, 5.41) is 0. The first-order valence-electron chi connectivity index (χ1n) is 0.535. The Morgan fingerprint density at radius 3 is 1.20 bits per heavy atom. The quantitative estimate of drug-likeness (QED) is 0.526. The van der Waals surface area contributed by atoms with Gasteiger partial charge in [0.1, 0.15) is 0 Å². The van der Waals surface area contributed by atoms with Crippen molar-refractivity contribution in [1.29, 1.82) is 0 Å². The summed E-state index contributed by atoms with van der Waals surface area (Å²) in [4.78, 5) is 0. The van der Waals surface area contributed by atoms with Gasteiger partial charge in [-0.25, -0.2) is 0 Å². The molecule has 0 saturated heterocycles. The van der Waals surface area contributed by atoms with E-state index in [1.54, 1.807) is 0 Å². The molecule has 0 unspecified atom stereocenters. The average molecular weight is 213 g/mol. The van der Waals surface area contributed by atoms with Gasteiger partial charge in [0.2, 0.25) is 0 Å². The van der Waals surface area contributed by atoms with E-state index >= 15 is 0 Å². The molecule has 34 valence electrons. The van der Waals surface area contributed by atoms with E-state index in [4.69, 9.17) is 19.4 Å². The van der Waals surface area contributed by atoms with Crippen LogP contribution >= 0.6 is 19.4 Å². The monoisotopic (exact) mass is 210 g/mol. The molecule has 0 aromatic carbocycles. The normalized spacial score (nSPS) is 2.00. The molecule has 0 aliphatic carbocycles. The Bertz CT molecular complexity index is 9.61. The molecule has 2 N–H and O–H groups in total. The van der Waals surface area contributed by atoms with E-state index in [1.165, 1.54) is 0 Å². The van der Waals surface area contributed by atoms with Gasteiger partial charge >= 0.3 is 34.5 Å². The third kappa shape index (κ3) is 27.6. The molecule has 0 aromatic heterocycles. The fourth-order valence-corrected chi connectivity index (χ4v) is 0. The standard InChI is InChI=1S/2ClH.Ni.H2O.Zn/h2*1H;;1H2;/q;;;;+2/p-2. The fourth-order valence-electron chi connectivity index (χ4n) is 0. The second-order valence-electron chi connectivity index (χ2n) is 0.101. The zero-order valence-corrected chi connectivity index (χ0v) is 7.75. The molecule has 5 heteroatoms. The minimum Gasteiger partial charge on any atom is 0 e. The first kappa shape index (κ1) is 15.9. The Kier molecular flexibility index (Phi) is 55.4. The summed E-state index contributed by atoms with van der Waals surface area (Å²) in [6.45, 7) is 0. The Morgan fingerprint density at radius 1 is 1.20 bits per heavy atom. The topological polar surface area (TPSA) is 31.5 Å². The van der Waals surface area contributed by atoms with Crippen LogP contribution in [0.3, 0.4) is 0 Å². The minimum absolute atomic E-state index is 0. The molecule has 0 aliphatic rings. The van der Waals surface area contributed by atoms with Crippen molar-refractivity contribution in [2.75, 3.05) is 0 Å². The van der Waals surface area contributed by atoms with E-state index in [0.29, 0.717) is 0 Å². The fraction of sp³-hybridized carbons (Fsp3) is 0. The summed E-state index contributed by atoms with van der Waals surface area (Å²) in [6, 6.07) is 0.